The lowest BCUT2D eigenvalue weighted by Crippen LogP contribution is -2.03. The molecule has 7 heteroatoms. The number of H-pyrrole nitrogens is 1. The Kier molecular flexibility index (Phi) is 4.71. The molecule has 1 aromatic carbocycles. The Labute approximate surface area is 142 Å². The zero-order valence-electron chi connectivity index (χ0n) is 11.5. The van der Waals surface area contributed by atoms with Crippen molar-refractivity contribution in [3.05, 3.63) is 51.4 Å². The molecule has 22 heavy (non-hydrogen) atoms. The molecule has 0 spiro atoms. The Morgan fingerprint density at radius 2 is 1.77 bits per heavy atom. The average molecular weight is 356 g/mol. The maximum atomic E-state index is 5.96. The molecule has 4 nitrogen and oxygen atoms in total. The van der Waals surface area contributed by atoms with Crippen molar-refractivity contribution in [3.8, 4) is 0 Å². The minimum Gasteiger partial charge on any atom is -0.385 e. The summed E-state index contributed by atoms with van der Waals surface area (Å²) in [4.78, 5) is 11.8. The van der Waals surface area contributed by atoms with Crippen LogP contribution in [0.4, 0.5) is 5.69 Å². The largest absolute Gasteiger partial charge is 0.385 e. The van der Waals surface area contributed by atoms with E-state index in [-0.39, 0.29) is 0 Å². The standard InChI is InChI=1S/C15H13Cl3N4/c16-9-6-10(17)8-11(7-9)19-5-1-2-14-20-12-3-4-13(18)21-15(12)22-14/h3-4,6-8,19H,1-2,5H2,(H,20,21,22). The molecule has 2 heterocycles. The van der Waals surface area contributed by atoms with Gasteiger partial charge >= 0.3 is 0 Å². The summed E-state index contributed by atoms with van der Waals surface area (Å²) in [5.74, 6) is 0.899. The van der Waals surface area contributed by atoms with E-state index < -0.39 is 0 Å². The van der Waals surface area contributed by atoms with Crippen LogP contribution in [0.2, 0.25) is 15.2 Å². The molecule has 2 aromatic heterocycles. The molecule has 0 bridgehead atoms. The Morgan fingerprint density at radius 1 is 1.00 bits per heavy atom. The number of imidazole rings is 1. The van der Waals surface area contributed by atoms with Gasteiger partial charge in [-0.25, -0.2) is 9.97 Å². The van der Waals surface area contributed by atoms with E-state index in [1.54, 1.807) is 12.1 Å². The zero-order chi connectivity index (χ0) is 15.5. The van der Waals surface area contributed by atoms with E-state index in [4.69, 9.17) is 34.8 Å². The predicted octanol–water partition coefficient (Wildman–Crippen LogP) is 4.96. The van der Waals surface area contributed by atoms with Gasteiger partial charge in [0.15, 0.2) is 5.65 Å². The van der Waals surface area contributed by atoms with E-state index in [0.29, 0.717) is 20.8 Å². The van der Waals surface area contributed by atoms with Crippen molar-refractivity contribution in [2.24, 2.45) is 0 Å². The van der Waals surface area contributed by atoms with E-state index in [0.717, 1.165) is 36.4 Å². The summed E-state index contributed by atoms with van der Waals surface area (Å²) >= 11 is 17.8. The maximum Gasteiger partial charge on any atom is 0.179 e. The van der Waals surface area contributed by atoms with Gasteiger partial charge in [-0.05, 0) is 36.8 Å². The fourth-order valence-electron chi connectivity index (χ4n) is 2.18. The van der Waals surface area contributed by atoms with Crippen molar-refractivity contribution < 1.29 is 0 Å². The third kappa shape index (κ3) is 3.83. The third-order valence-corrected chi connectivity index (χ3v) is 3.79. The lowest BCUT2D eigenvalue weighted by molar-refractivity contribution is 0.819. The highest BCUT2D eigenvalue weighted by Gasteiger charge is 2.04. The highest BCUT2D eigenvalue weighted by molar-refractivity contribution is 6.35. The van der Waals surface area contributed by atoms with Crippen LogP contribution < -0.4 is 5.32 Å². The molecule has 0 fully saturated rings. The number of nitrogens with zero attached hydrogens (tertiary/aromatic N) is 2. The minimum absolute atomic E-state index is 0.449. The second-order valence-electron chi connectivity index (χ2n) is 4.88. The number of hydrogen-bond acceptors (Lipinski definition) is 3. The Balaban J connectivity index is 1.55. The van der Waals surface area contributed by atoms with Crippen LogP contribution in [-0.2, 0) is 6.42 Å². The molecule has 0 amide bonds. The van der Waals surface area contributed by atoms with Crippen molar-refractivity contribution in [1.29, 1.82) is 0 Å². The molecule has 114 valence electrons. The van der Waals surface area contributed by atoms with Crippen LogP contribution in [0.5, 0.6) is 0 Å². The molecular formula is C15H13Cl3N4. The van der Waals surface area contributed by atoms with E-state index >= 15 is 0 Å². The van der Waals surface area contributed by atoms with Crippen LogP contribution in [-0.4, -0.2) is 21.5 Å². The van der Waals surface area contributed by atoms with E-state index in [1.807, 2.05) is 18.2 Å². The molecule has 0 saturated heterocycles. The normalized spacial score (nSPS) is 11.0. The number of benzene rings is 1. The van der Waals surface area contributed by atoms with Gasteiger partial charge in [0.25, 0.3) is 0 Å². The lowest BCUT2D eigenvalue weighted by Gasteiger charge is -2.06. The predicted molar refractivity (Wildman–Crippen MR) is 92.2 cm³/mol. The van der Waals surface area contributed by atoms with Crippen molar-refractivity contribution in [2.75, 3.05) is 11.9 Å². The highest BCUT2D eigenvalue weighted by atomic mass is 35.5. The Bertz CT molecular complexity index is 780. The van der Waals surface area contributed by atoms with Crippen LogP contribution in [0.3, 0.4) is 0 Å². The summed E-state index contributed by atoms with van der Waals surface area (Å²) in [5.41, 5.74) is 2.46. The number of aromatic nitrogens is 3. The number of aromatic amines is 1. The molecule has 0 aliphatic rings. The Hall–Kier alpha value is -1.49. The van der Waals surface area contributed by atoms with E-state index in [2.05, 4.69) is 20.3 Å². The van der Waals surface area contributed by atoms with Crippen molar-refractivity contribution >= 4 is 51.7 Å². The monoisotopic (exact) mass is 354 g/mol. The average Bonchev–Trinajstić information content (AvgIpc) is 2.84. The first-order valence-corrected chi connectivity index (χ1v) is 7.95. The summed E-state index contributed by atoms with van der Waals surface area (Å²) in [7, 11) is 0. The van der Waals surface area contributed by atoms with Gasteiger partial charge in [-0.2, -0.15) is 0 Å². The fraction of sp³-hybridized carbons (Fsp3) is 0.200. The molecule has 0 aliphatic carbocycles. The highest BCUT2D eigenvalue weighted by Crippen LogP contribution is 2.22. The number of rotatable bonds is 5. The van der Waals surface area contributed by atoms with E-state index in [1.165, 1.54) is 0 Å². The molecule has 0 saturated carbocycles. The summed E-state index contributed by atoms with van der Waals surface area (Å²) < 4.78 is 0. The first kappa shape index (κ1) is 15.4. The lowest BCUT2D eigenvalue weighted by atomic mass is 10.2. The van der Waals surface area contributed by atoms with Gasteiger partial charge in [0.05, 0.1) is 5.52 Å². The van der Waals surface area contributed by atoms with Gasteiger partial charge in [0.2, 0.25) is 0 Å². The van der Waals surface area contributed by atoms with Crippen LogP contribution in [0, 0.1) is 0 Å². The zero-order valence-corrected chi connectivity index (χ0v) is 13.8. The van der Waals surface area contributed by atoms with Crippen molar-refractivity contribution in [3.63, 3.8) is 0 Å². The first-order chi connectivity index (χ1) is 10.6. The fourth-order valence-corrected chi connectivity index (χ4v) is 2.85. The molecule has 2 N–H and O–H groups in total. The van der Waals surface area contributed by atoms with Gasteiger partial charge in [-0.1, -0.05) is 34.8 Å². The number of pyridine rings is 1. The van der Waals surface area contributed by atoms with Crippen molar-refractivity contribution in [2.45, 2.75) is 12.8 Å². The number of hydrogen-bond donors (Lipinski definition) is 2. The number of aryl methyl sites for hydroxylation is 1. The Morgan fingerprint density at radius 3 is 2.55 bits per heavy atom. The van der Waals surface area contributed by atoms with Gasteiger partial charge in [-0.15, -0.1) is 0 Å². The molecule has 0 aliphatic heterocycles. The summed E-state index contributed by atoms with van der Waals surface area (Å²) in [6, 6.07) is 9.03. The summed E-state index contributed by atoms with van der Waals surface area (Å²) in [6.07, 6.45) is 1.73. The van der Waals surface area contributed by atoms with Crippen LogP contribution in [0.15, 0.2) is 30.3 Å². The quantitative estimate of drug-likeness (QED) is 0.502. The molecule has 3 aromatic rings. The third-order valence-electron chi connectivity index (χ3n) is 3.14. The summed E-state index contributed by atoms with van der Waals surface area (Å²) in [6.45, 7) is 0.794. The number of nitrogens with one attached hydrogen (secondary N) is 2. The maximum absolute atomic E-state index is 5.96. The van der Waals surface area contributed by atoms with Crippen LogP contribution in [0.25, 0.3) is 11.2 Å². The first-order valence-electron chi connectivity index (χ1n) is 6.81. The topological polar surface area (TPSA) is 53.6 Å². The molecular weight excluding hydrogens is 343 g/mol. The van der Waals surface area contributed by atoms with Gasteiger partial charge in [0, 0.05) is 28.7 Å². The number of anilines is 1. The molecule has 3 rings (SSSR count). The van der Waals surface area contributed by atoms with Crippen molar-refractivity contribution in [1.82, 2.24) is 15.0 Å². The number of fused-ring (bicyclic) bond motifs is 1. The van der Waals surface area contributed by atoms with Gasteiger partial charge in [-0.3, -0.25) is 0 Å². The number of halogens is 3. The van der Waals surface area contributed by atoms with Gasteiger partial charge in [0.1, 0.15) is 11.0 Å². The molecule has 0 atom stereocenters. The minimum atomic E-state index is 0.449. The van der Waals surface area contributed by atoms with E-state index in [9.17, 15) is 0 Å². The second-order valence-corrected chi connectivity index (χ2v) is 6.14. The van der Waals surface area contributed by atoms with Gasteiger partial charge < -0.3 is 10.3 Å². The summed E-state index contributed by atoms with van der Waals surface area (Å²) in [5, 5.41) is 4.98. The second kappa shape index (κ2) is 6.73. The smallest absolute Gasteiger partial charge is 0.179 e. The SMILES string of the molecule is Clc1cc(Cl)cc(NCCCc2nc3nc(Cl)ccc3[nH]2)c1. The van der Waals surface area contributed by atoms with Crippen LogP contribution in [0.1, 0.15) is 12.2 Å². The molecule has 0 unspecified atom stereocenters. The molecule has 0 radical (unpaired) electrons. The van der Waals surface area contributed by atoms with Crippen LogP contribution >= 0.6 is 34.8 Å².